The summed E-state index contributed by atoms with van der Waals surface area (Å²) >= 11 is 6.86. The number of hydrogen-bond acceptors (Lipinski definition) is 3. The smallest absolute Gasteiger partial charge is 0.143 e. The standard InChI is InChI=1S/C11H14Br2N2O/c1-2-3-11(16)6-15(7-11)10-9(13)4-8(12)5-14-10/h4-5,16H,2-3,6-7H2,1H3. The molecule has 1 aliphatic heterocycles. The normalized spacial score (nSPS) is 18.4. The van der Waals surface area contributed by atoms with Crippen LogP contribution in [0.25, 0.3) is 0 Å². The molecule has 1 aromatic rings. The Hall–Kier alpha value is -0.130. The summed E-state index contributed by atoms with van der Waals surface area (Å²) in [6.07, 6.45) is 3.65. The lowest BCUT2D eigenvalue weighted by Crippen LogP contribution is -2.62. The first-order valence-corrected chi connectivity index (χ1v) is 6.91. The third-order valence-electron chi connectivity index (χ3n) is 2.77. The highest BCUT2D eigenvalue weighted by atomic mass is 79.9. The summed E-state index contributed by atoms with van der Waals surface area (Å²) in [7, 11) is 0. The topological polar surface area (TPSA) is 36.4 Å². The summed E-state index contributed by atoms with van der Waals surface area (Å²) in [6, 6.07) is 1.97. The number of hydrogen-bond donors (Lipinski definition) is 1. The van der Waals surface area contributed by atoms with Gasteiger partial charge in [0.2, 0.25) is 0 Å². The number of rotatable bonds is 3. The fourth-order valence-electron chi connectivity index (χ4n) is 2.08. The van der Waals surface area contributed by atoms with Crippen LogP contribution in [0.3, 0.4) is 0 Å². The fraction of sp³-hybridized carbons (Fsp3) is 0.545. The van der Waals surface area contributed by atoms with Crippen LogP contribution in [0.1, 0.15) is 19.8 Å². The summed E-state index contributed by atoms with van der Waals surface area (Å²) in [6.45, 7) is 3.44. The van der Waals surface area contributed by atoms with Crippen LogP contribution in [0, 0.1) is 0 Å². The van der Waals surface area contributed by atoms with Gasteiger partial charge >= 0.3 is 0 Å². The van der Waals surface area contributed by atoms with Gasteiger partial charge in [0.25, 0.3) is 0 Å². The first kappa shape index (κ1) is 12.3. The van der Waals surface area contributed by atoms with Crippen molar-refractivity contribution in [2.45, 2.75) is 25.4 Å². The minimum absolute atomic E-state index is 0.511. The zero-order valence-corrected chi connectivity index (χ0v) is 12.3. The molecule has 5 heteroatoms. The van der Waals surface area contributed by atoms with Crippen molar-refractivity contribution in [2.24, 2.45) is 0 Å². The van der Waals surface area contributed by atoms with Crippen molar-refractivity contribution in [2.75, 3.05) is 18.0 Å². The van der Waals surface area contributed by atoms with Crippen molar-refractivity contribution in [1.29, 1.82) is 0 Å². The number of anilines is 1. The van der Waals surface area contributed by atoms with E-state index in [1.54, 1.807) is 6.20 Å². The molecule has 0 radical (unpaired) electrons. The monoisotopic (exact) mass is 348 g/mol. The molecule has 1 aromatic heterocycles. The highest BCUT2D eigenvalue weighted by molar-refractivity contribution is 9.11. The average molecular weight is 350 g/mol. The number of nitrogens with zero attached hydrogens (tertiary/aromatic N) is 2. The summed E-state index contributed by atoms with van der Waals surface area (Å²) in [5.74, 6) is 0.906. The van der Waals surface area contributed by atoms with Crippen molar-refractivity contribution in [1.82, 2.24) is 4.98 Å². The Labute approximate surface area is 112 Å². The molecule has 1 fully saturated rings. The van der Waals surface area contributed by atoms with Crippen LogP contribution in [0.15, 0.2) is 21.2 Å². The van der Waals surface area contributed by atoms with Crippen LogP contribution >= 0.6 is 31.9 Å². The maximum absolute atomic E-state index is 10.1. The van der Waals surface area contributed by atoms with Gasteiger partial charge in [0.1, 0.15) is 5.82 Å². The number of pyridine rings is 1. The van der Waals surface area contributed by atoms with E-state index in [2.05, 4.69) is 48.7 Å². The summed E-state index contributed by atoms with van der Waals surface area (Å²) in [5.41, 5.74) is -0.511. The van der Waals surface area contributed by atoms with Gasteiger partial charge in [0, 0.05) is 10.7 Å². The Morgan fingerprint density at radius 1 is 1.50 bits per heavy atom. The van der Waals surface area contributed by atoms with E-state index in [4.69, 9.17) is 0 Å². The highest BCUT2D eigenvalue weighted by Gasteiger charge is 2.41. The maximum Gasteiger partial charge on any atom is 0.143 e. The zero-order valence-electron chi connectivity index (χ0n) is 9.08. The van der Waals surface area contributed by atoms with Gasteiger partial charge < -0.3 is 10.0 Å². The quantitative estimate of drug-likeness (QED) is 0.911. The maximum atomic E-state index is 10.1. The van der Waals surface area contributed by atoms with E-state index in [-0.39, 0.29) is 0 Å². The molecule has 0 atom stereocenters. The number of halogens is 2. The van der Waals surface area contributed by atoms with Gasteiger partial charge in [-0.2, -0.15) is 0 Å². The molecule has 3 nitrogen and oxygen atoms in total. The number of β-amino-alcohol motifs (C(OH)–C–C–N with tert-alkyl or cyclic N) is 1. The Morgan fingerprint density at radius 2 is 2.19 bits per heavy atom. The second-order valence-electron chi connectivity index (χ2n) is 4.29. The van der Waals surface area contributed by atoms with Crippen molar-refractivity contribution in [3.63, 3.8) is 0 Å². The largest absolute Gasteiger partial charge is 0.386 e. The highest BCUT2D eigenvalue weighted by Crippen LogP contribution is 2.34. The Balaban J connectivity index is 2.06. The van der Waals surface area contributed by atoms with E-state index in [9.17, 15) is 5.11 Å². The number of aromatic nitrogens is 1. The lowest BCUT2D eigenvalue weighted by molar-refractivity contribution is 0.00287. The average Bonchev–Trinajstić information content (AvgIpc) is 2.14. The van der Waals surface area contributed by atoms with E-state index in [1.807, 2.05) is 6.07 Å². The van der Waals surface area contributed by atoms with E-state index in [1.165, 1.54) is 0 Å². The van der Waals surface area contributed by atoms with E-state index in [0.717, 1.165) is 27.6 Å². The summed E-state index contributed by atoms with van der Waals surface area (Å²) in [4.78, 5) is 6.44. The van der Waals surface area contributed by atoms with Crippen molar-refractivity contribution >= 4 is 37.7 Å². The fourth-order valence-corrected chi connectivity index (χ4v) is 3.32. The summed E-state index contributed by atoms with van der Waals surface area (Å²) in [5, 5.41) is 10.1. The van der Waals surface area contributed by atoms with E-state index >= 15 is 0 Å². The molecule has 2 heterocycles. The first-order chi connectivity index (χ1) is 7.54. The molecule has 0 bridgehead atoms. The minimum atomic E-state index is -0.511. The third-order valence-corrected chi connectivity index (χ3v) is 3.79. The molecule has 1 N–H and O–H groups in total. The Bertz CT molecular complexity index is 392. The van der Waals surface area contributed by atoms with Crippen molar-refractivity contribution in [3.05, 3.63) is 21.2 Å². The molecule has 0 aliphatic carbocycles. The van der Waals surface area contributed by atoms with Crippen LogP contribution < -0.4 is 4.90 Å². The molecule has 2 rings (SSSR count). The molecule has 0 saturated carbocycles. The predicted octanol–water partition coefficient (Wildman–Crippen LogP) is 2.96. The lowest BCUT2D eigenvalue weighted by atomic mass is 9.89. The van der Waals surface area contributed by atoms with Crippen LogP contribution in [0.4, 0.5) is 5.82 Å². The van der Waals surface area contributed by atoms with Gasteiger partial charge in [-0.3, -0.25) is 0 Å². The van der Waals surface area contributed by atoms with Crippen LogP contribution in [-0.2, 0) is 0 Å². The van der Waals surface area contributed by atoms with Crippen molar-refractivity contribution < 1.29 is 5.11 Å². The molecule has 0 aromatic carbocycles. The van der Waals surface area contributed by atoms with Gasteiger partial charge in [0.15, 0.2) is 0 Å². The zero-order chi connectivity index (χ0) is 11.8. The molecule has 1 aliphatic rings. The molecular weight excluding hydrogens is 336 g/mol. The molecule has 0 unspecified atom stereocenters. The van der Waals surface area contributed by atoms with Crippen molar-refractivity contribution in [3.8, 4) is 0 Å². The van der Waals surface area contributed by atoms with Gasteiger partial charge in [-0.05, 0) is 44.3 Å². The van der Waals surface area contributed by atoms with E-state index in [0.29, 0.717) is 13.1 Å². The molecular formula is C11H14Br2N2O. The molecule has 16 heavy (non-hydrogen) atoms. The molecule has 0 spiro atoms. The van der Waals surface area contributed by atoms with Crippen LogP contribution in [0.2, 0.25) is 0 Å². The first-order valence-electron chi connectivity index (χ1n) is 5.32. The SMILES string of the molecule is CCCC1(O)CN(c2ncc(Br)cc2Br)C1. The van der Waals surface area contributed by atoms with Gasteiger partial charge in [-0.1, -0.05) is 13.3 Å². The Morgan fingerprint density at radius 3 is 2.75 bits per heavy atom. The minimum Gasteiger partial charge on any atom is -0.386 e. The predicted molar refractivity (Wildman–Crippen MR) is 71.7 cm³/mol. The van der Waals surface area contributed by atoms with E-state index < -0.39 is 5.60 Å². The second kappa shape index (κ2) is 4.63. The third kappa shape index (κ3) is 2.41. The lowest BCUT2D eigenvalue weighted by Gasteiger charge is -2.47. The Kier molecular flexibility index (Phi) is 3.56. The van der Waals surface area contributed by atoms with Crippen LogP contribution in [0.5, 0.6) is 0 Å². The number of aliphatic hydroxyl groups is 1. The summed E-state index contributed by atoms with van der Waals surface area (Å²) < 4.78 is 1.91. The molecule has 1 saturated heterocycles. The van der Waals surface area contributed by atoms with Gasteiger partial charge in [0.05, 0.1) is 23.2 Å². The second-order valence-corrected chi connectivity index (χ2v) is 6.06. The van der Waals surface area contributed by atoms with Crippen LogP contribution in [-0.4, -0.2) is 28.8 Å². The van der Waals surface area contributed by atoms with Gasteiger partial charge in [-0.15, -0.1) is 0 Å². The molecule has 88 valence electrons. The molecule has 0 amide bonds. The van der Waals surface area contributed by atoms with Gasteiger partial charge in [-0.25, -0.2) is 4.98 Å².